The van der Waals surface area contributed by atoms with E-state index in [0.717, 1.165) is 55.7 Å². The van der Waals surface area contributed by atoms with Crippen LogP contribution >= 0.6 is 23.2 Å². The van der Waals surface area contributed by atoms with E-state index >= 15 is 0 Å². The fourth-order valence-corrected chi connectivity index (χ4v) is 4.30. The molecule has 0 spiro atoms. The first kappa shape index (κ1) is 32.4. The van der Waals surface area contributed by atoms with Crippen LogP contribution in [0.15, 0.2) is 73.8 Å². The molecule has 2 aromatic carbocycles. The molecule has 0 fully saturated rings. The number of carbonyl (C=O) groups is 1. The molecule has 0 bridgehead atoms. The standard InChI is InChI=1S/C14H15ClN4O.C12H15ClN4.C2H4O3/c15-11-2-3-13-12(8-11)17-14(9-20)19(13)6-1-5-18-7-4-16-10-18;13-10-2-3-12(11(14)8-10)16-4-1-6-17-7-5-15-9-17;3-1-2(4)5/h2-4,7-8,10,20H,1,5-6,9H2;2-3,5,7-9,16H,1,4,6,14H2;3H,1H2,(H,4,5). The fraction of sp³-hybridized carbons (Fsp3) is 0.286. The van der Waals surface area contributed by atoms with Crippen molar-refractivity contribution < 1.29 is 20.1 Å². The minimum Gasteiger partial charge on any atom is -0.480 e. The quantitative estimate of drug-likeness (QED) is 0.108. The summed E-state index contributed by atoms with van der Waals surface area (Å²) in [6.07, 6.45) is 13.0. The molecule has 3 aromatic heterocycles. The predicted molar refractivity (Wildman–Crippen MR) is 163 cm³/mol. The number of rotatable bonds is 11. The van der Waals surface area contributed by atoms with E-state index in [2.05, 4.69) is 20.3 Å². The van der Waals surface area contributed by atoms with Crippen molar-refractivity contribution in [1.29, 1.82) is 0 Å². The number of carboxylic acids is 1. The lowest BCUT2D eigenvalue weighted by molar-refractivity contribution is -0.140. The molecule has 42 heavy (non-hydrogen) atoms. The molecule has 0 aliphatic heterocycles. The van der Waals surface area contributed by atoms with Gasteiger partial charge < -0.3 is 40.1 Å². The first-order chi connectivity index (χ1) is 20.3. The van der Waals surface area contributed by atoms with Gasteiger partial charge in [-0.2, -0.15) is 0 Å². The Hall–Kier alpha value is -4.10. The number of anilines is 2. The van der Waals surface area contributed by atoms with Crippen molar-refractivity contribution in [2.75, 3.05) is 24.2 Å². The van der Waals surface area contributed by atoms with Crippen LogP contribution < -0.4 is 11.1 Å². The third-order valence-electron chi connectivity index (χ3n) is 5.90. The summed E-state index contributed by atoms with van der Waals surface area (Å²) in [5.41, 5.74) is 9.27. The summed E-state index contributed by atoms with van der Waals surface area (Å²) in [6.45, 7) is 2.65. The zero-order chi connectivity index (χ0) is 30.3. The minimum absolute atomic E-state index is 0.0720. The van der Waals surface area contributed by atoms with Crippen molar-refractivity contribution >= 4 is 51.6 Å². The Labute approximate surface area is 253 Å². The van der Waals surface area contributed by atoms with Gasteiger partial charge in [0.15, 0.2) is 0 Å². The van der Waals surface area contributed by atoms with E-state index in [-0.39, 0.29) is 6.61 Å². The largest absolute Gasteiger partial charge is 0.480 e. The number of aromatic nitrogens is 6. The van der Waals surface area contributed by atoms with Crippen LogP contribution in [0.2, 0.25) is 10.0 Å². The van der Waals surface area contributed by atoms with Gasteiger partial charge in [-0.1, -0.05) is 23.2 Å². The number of benzene rings is 2. The number of hydrogen-bond acceptors (Lipinski definition) is 8. The highest BCUT2D eigenvalue weighted by atomic mass is 35.5. The van der Waals surface area contributed by atoms with Gasteiger partial charge in [0.25, 0.3) is 0 Å². The van der Waals surface area contributed by atoms with Gasteiger partial charge in [-0.05, 0) is 49.2 Å². The summed E-state index contributed by atoms with van der Waals surface area (Å²) in [7, 11) is 0. The zero-order valence-corrected chi connectivity index (χ0v) is 24.4. The lowest BCUT2D eigenvalue weighted by Crippen LogP contribution is -2.07. The number of aliphatic hydroxyl groups is 2. The number of carboxylic acid groups (broad SMARTS) is 1. The molecule has 0 aliphatic rings. The molecule has 5 aromatic rings. The maximum absolute atomic E-state index is 9.44. The summed E-state index contributed by atoms with van der Waals surface area (Å²) < 4.78 is 6.13. The topological polar surface area (TPSA) is 169 Å². The van der Waals surface area contributed by atoms with Crippen molar-refractivity contribution in [3.63, 3.8) is 0 Å². The van der Waals surface area contributed by atoms with E-state index in [1.54, 1.807) is 24.8 Å². The first-order valence-electron chi connectivity index (χ1n) is 13.1. The number of halogens is 2. The van der Waals surface area contributed by atoms with E-state index in [1.807, 2.05) is 62.8 Å². The van der Waals surface area contributed by atoms with E-state index in [9.17, 15) is 5.11 Å². The molecule has 0 unspecified atom stereocenters. The average molecular weight is 618 g/mol. The van der Waals surface area contributed by atoms with Gasteiger partial charge >= 0.3 is 5.97 Å². The average Bonchev–Trinajstić information content (AvgIpc) is 3.75. The molecule has 6 N–H and O–H groups in total. The molecule has 0 saturated heterocycles. The van der Waals surface area contributed by atoms with Gasteiger partial charge in [0.1, 0.15) is 19.0 Å². The normalized spacial score (nSPS) is 10.5. The Balaban J connectivity index is 0.000000201. The Morgan fingerprint density at radius 3 is 2.10 bits per heavy atom. The highest BCUT2D eigenvalue weighted by Gasteiger charge is 2.10. The number of nitrogens with zero attached hydrogens (tertiary/aromatic N) is 6. The highest BCUT2D eigenvalue weighted by Crippen LogP contribution is 2.23. The number of aliphatic hydroxyl groups excluding tert-OH is 2. The highest BCUT2D eigenvalue weighted by molar-refractivity contribution is 6.31. The summed E-state index contributed by atoms with van der Waals surface area (Å²) in [5, 5.41) is 29.1. The Kier molecular flexibility index (Phi) is 13.1. The molecule has 14 heteroatoms. The van der Waals surface area contributed by atoms with Gasteiger partial charge in [-0.15, -0.1) is 0 Å². The smallest absolute Gasteiger partial charge is 0.329 e. The minimum atomic E-state index is -1.19. The maximum atomic E-state index is 9.44. The molecule has 0 radical (unpaired) electrons. The number of nitrogen functional groups attached to an aromatic ring is 1. The summed E-state index contributed by atoms with van der Waals surface area (Å²) in [6, 6.07) is 11.1. The van der Waals surface area contributed by atoms with Crippen LogP contribution in [-0.4, -0.2) is 63.1 Å². The Morgan fingerprint density at radius 2 is 1.52 bits per heavy atom. The lowest BCUT2D eigenvalue weighted by Gasteiger charge is -2.09. The molecule has 5 rings (SSSR count). The second-order valence-electron chi connectivity index (χ2n) is 8.99. The third kappa shape index (κ3) is 10.4. The van der Waals surface area contributed by atoms with Crippen LogP contribution in [-0.2, 0) is 31.0 Å². The predicted octanol–water partition coefficient (Wildman–Crippen LogP) is 4.15. The monoisotopic (exact) mass is 616 g/mol. The van der Waals surface area contributed by atoms with E-state index < -0.39 is 12.6 Å². The molecular formula is C28H34Cl2N8O4. The van der Waals surface area contributed by atoms with Crippen molar-refractivity contribution in [3.8, 4) is 0 Å². The molecule has 0 aliphatic carbocycles. The van der Waals surface area contributed by atoms with Crippen molar-refractivity contribution in [3.05, 3.63) is 89.7 Å². The molecule has 3 heterocycles. The second kappa shape index (κ2) is 17.0. The Bertz CT molecular complexity index is 1510. The second-order valence-corrected chi connectivity index (χ2v) is 9.86. The number of aliphatic carboxylic acids is 1. The summed E-state index contributed by atoms with van der Waals surface area (Å²) in [4.78, 5) is 21.5. The SMILES string of the molecule is Nc1cc(Cl)ccc1NCCCn1ccnc1.O=C(O)CO.OCc1nc2cc(Cl)ccc2n1CCCn1ccnc1. The van der Waals surface area contributed by atoms with Gasteiger partial charge in [0, 0.05) is 61.0 Å². The lowest BCUT2D eigenvalue weighted by atomic mass is 10.2. The number of nitrogens with two attached hydrogens (primary N) is 1. The van der Waals surface area contributed by atoms with Crippen LogP contribution in [0.3, 0.4) is 0 Å². The first-order valence-corrected chi connectivity index (χ1v) is 13.8. The van der Waals surface area contributed by atoms with Gasteiger partial charge in [-0.25, -0.2) is 19.7 Å². The Morgan fingerprint density at radius 1 is 0.905 bits per heavy atom. The van der Waals surface area contributed by atoms with Crippen molar-refractivity contribution in [1.82, 2.24) is 28.7 Å². The van der Waals surface area contributed by atoms with E-state index in [1.165, 1.54) is 0 Å². The molecule has 0 amide bonds. The van der Waals surface area contributed by atoms with Crippen LogP contribution in [0.1, 0.15) is 18.7 Å². The molecule has 0 saturated carbocycles. The number of fused-ring (bicyclic) bond motifs is 1. The van der Waals surface area contributed by atoms with Crippen molar-refractivity contribution in [2.45, 2.75) is 39.1 Å². The van der Waals surface area contributed by atoms with E-state index in [0.29, 0.717) is 21.6 Å². The summed E-state index contributed by atoms with van der Waals surface area (Å²) >= 11 is 11.8. The maximum Gasteiger partial charge on any atom is 0.329 e. The van der Waals surface area contributed by atoms with Crippen LogP contribution in [0.5, 0.6) is 0 Å². The fourth-order valence-electron chi connectivity index (χ4n) is 3.95. The van der Waals surface area contributed by atoms with Gasteiger partial charge in [0.2, 0.25) is 0 Å². The van der Waals surface area contributed by atoms with E-state index in [4.69, 9.17) is 43.9 Å². The number of aryl methyl sites for hydroxylation is 3. The molecule has 0 atom stereocenters. The van der Waals surface area contributed by atoms with Crippen LogP contribution in [0, 0.1) is 0 Å². The molecule has 224 valence electrons. The number of nitrogens with one attached hydrogen (secondary N) is 1. The van der Waals surface area contributed by atoms with Crippen molar-refractivity contribution in [2.24, 2.45) is 0 Å². The van der Waals surface area contributed by atoms with Crippen LogP contribution in [0.25, 0.3) is 11.0 Å². The van der Waals surface area contributed by atoms with Gasteiger partial charge in [-0.3, -0.25) is 0 Å². The van der Waals surface area contributed by atoms with Gasteiger partial charge in [0.05, 0.1) is 35.1 Å². The number of imidazole rings is 3. The molecule has 12 nitrogen and oxygen atoms in total. The summed E-state index contributed by atoms with van der Waals surface area (Å²) in [5.74, 6) is -0.516. The van der Waals surface area contributed by atoms with Crippen LogP contribution in [0.4, 0.5) is 11.4 Å². The number of hydrogen-bond donors (Lipinski definition) is 5. The zero-order valence-electron chi connectivity index (χ0n) is 22.9. The molecular weight excluding hydrogens is 583 g/mol. The third-order valence-corrected chi connectivity index (χ3v) is 6.37.